The number of aromatic nitrogens is 4. The molecule has 0 bridgehead atoms. The van der Waals surface area contributed by atoms with E-state index in [9.17, 15) is 0 Å². The zero-order valence-corrected chi connectivity index (χ0v) is 9.24. The molecule has 0 aliphatic carbocycles. The molecule has 1 N–H and O–H groups in total. The first-order valence-corrected chi connectivity index (χ1v) is 5.48. The summed E-state index contributed by atoms with van der Waals surface area (Å²) in [6.07, 6.45) is 5.51. The van der Waals surface area contributed by atoms with Gasteiger partial charge in [-0.25, -0.2) is 4.98 Å². The van der Waals surface area contributed by atoms with Gasteiger partial charge < -0.3 is 4.57 Å². The highest BCUT2D eigenvalue weighted by molar-refractivity contribution is 5.48. The van der Waals surface area contributed by atoms with Crippen molar-refractivity contribution in [2.45, 2.75) is 6.54 Å². The third-order valence-electron chi connectivity index (χ3n) is 2.65. The van der Waals surface area contributed by atoms with Crippen LogP contribution in [0, 0.1) is 0 Å². The van der Waals surface area contributed by atoms with Gasteiger partial charge in [0, 0.05) is 25.1 Å². The van der Waals surface area contributed by atoms with E-state index in [-0.39, 0.29) is 0 Å². The molecule has 4 heteroatoms. The van der Waals surface area contributed by atoms with Crippen LogP contribution in [0.4, 0.5) is 0 Å². The summed E-state index contributed by atoms with van der Waals surface area (Å²) < 4.78 is 2.10. The van der Waals surface area contributed by atoms with Crippen molar-refractivity contribution in [3.63, 3.8) is 0 Å². The molecule has 0 saturated heterocycles. The van der Waals surface area contributed by atoms with Gasteiger partial charge in [-0.1, -0.05) is 30.3 Å². The third-order valence-corrected chi connectivity index (χ3v) is 2.65. The second kappa shape index (κ2) is 4.25. The largest absolute Gasteiger partial charge is 0.325 e. The van der Waals surface area contributed by atoms with Gasteiger partial charge in [0.25, 0.3) is 0 Å². The average Bonchev–Trinajstić information content (AvgIpc) is 3.00. The van der Waals surface area contributed by atoms with Crippen molar-refractivity contribution < 1.29 is 0 Å². The van der Waals surface area contributed by atoms with Gasteiger partial charge in [0.2, 0.25) is 0 Å². The first-order chi connectivity index (χ1) is 8.43. The molecular weight excluding hydrogens is 212 g/mol. The Morgan fingerprint density at radius 1 is 1.06 bits per heavy atom. The Kier molecular flexibility index (Phi) is 2.46. The first-order valence-electron chi connectivity index (χ1n) is 5.48. The molecule has 0 spiro atoms. The van der Waals surface area contributed by atoms with Gasteiger partial charge in [-0.3, -0.25) is 5.10 Å². The van der Waals surface area contributed by atoms with Crippen LogP contribution in [-0.4, -0.2) is 19.7 Å². The second-order valence-electron chi connectivity index (χ2n) is 3.83. The molecule has 84 valence electrons. The van der Waals surface area contributed by atoms with E-state index in [0.29, 0.717) is 0 Å². The lowest BCUT2D eigenvalue weighted by Crippen LogP contribution is -2.01. The fraction of sp³-hybridized carbons (Fsp3) is 0.0769. The Morgan fingerprint density at radius 2 is 1.94 bits per heavy atom. The Balaban J connectivity index is 1.92. The fourth-order valence-electron chi connectivity index (χ4n) is 1.84. The van der Waals surface area contributed by atoms with E-state index < -0.39 is 0 Å². The molecule has 4 nitrogen and oxygen atoms in total. The lowest BCUT2D eigenvalue weighted by atomic mass is 10.2. The standard InChI is InChI=1S/C13H12N4/c1-2-4-11(5-3-1)10-17-9-8-14-13(17)12-6-7-15-16-12/h1-9H,10H2,(H,15,16). The molecule has 2 heterocycles. The minimum Gasteiger partial charge on any atom is -0.325 e. The van der Waals surface area contributed by atoms with Crippen LogP contribution in [0.3, 0.4) is 0 Å². The highest BCUT2D eigenvalue weighted by Gasteiger charge is 2.06. The van der Waals surface area contributed by atoms with Crippen molar-refractivity contribution in [2.24, 2.45) is 0 Å². The third kappa shape index (κ3) is 1.97. The van der Waals surface area contributed by atoms with E-state index in [2.05, 4.69) is 31.9 Å². The van der Waals surface area contributed by atoms with Crippen molar-refractivity contribution in [1.82, 2.24) is 19.7 Å². The number of rotatable bonds is 3. The zero-order valence-electron chi connectivity index (χ0n) is 9.24. The molecular formula is C13H12N4. The van der Waals surface area contributed by atoms with Gasteiger partial charge in [0.1, 0.15) is 5.69 Å². The number of nitrogens with one attached hydrogen (secondary N) is 1. The molecule has 0 aliphatic rings. The summed E-state index contributed by atoms with van der Waals surface area (Å²) in [6, 6.07) is 12.2. The maximum atomic E-state index is 4.35. The van der Waals surface area contributed by atoms with E-state index in [0.717, 1.165) is 18.1 Å². The normalized spacial score (nSPS) is 10.6. The van der Waals surface area contributed by atoms with Crippen molar-refractivity contribution in [1.29, 1.82) is 0 Å². The van der Waals surface area contributed by atoms with Crippen LogP contribution < -0.4 is 0 Å². The molecule has 0 unspecified atom stereocenters. The Labute approximate surface area is 98.9 Å². The maximum absolute atomic E-state index is 4.35. The van der Waals surface area contributed by atoms with Gasteiger partial charge in [-0.15, -0.1) is 0 Å². The Hall–Kier alpha value is -2.36. The lowest BCUT2D eigenvalue weighted by Gasteiger charge is -2.06. The fourth-order valence-corrected chi connectivity index (χ4v) is 1.84. The van der Waals surface area contributed by atoms with Crippen molar-refractivity contribution in [3.8, 4) is 11.5 Å². The van der Waals surface area contributed by atoms with Crippen LogP contribution in [0.25, 0.3) is 11.5 Å². The average molecular weight is 224 g/mol. The van der Waals surface area contributed by atoms with Gasteiger partial charge in [0.15, 0.2) is 5.82 Å². The number of aromatic amines is 1. The van der Waals surface area contributed by atoms with Crippen LogP contribution >= 0.6 is 0 Å². The molecule has 2 aromatic heterocycles. The van der Waals surface area contributed by atoms with E-state index in [1.54, 1.807) is 12.4 Å². The SMILES string of the molecule is c1ccc(Cn2ccnc2-c2ccn[nH]2)cc1. The summed E-state index contributed by atoms with van der Waals surface area (Å²) in [6.45, 7) is 0.815. The number of nitrogens with zero attached hydrogens (tertiary/aromatic N) is 3. The molecule has 17 heavy (non-hydrogen) atoms. The summed E-state index contributed by atoms with van der Waals surface area (Å²) in [5.74, 6) is 0.909. The lowest BCUT2D eigenvalue weighted by molar-refractivity contribution is 0.802. The smallest absolute Gasteiger partial charge is 0.158 e. The van der Waals surface area contributed by atoms with Gasteiger partial charge >= 0.3 is 0 Å². The van der Waals surface area contributed by atoms with Crippen LogP contribution in [0.1, 0.15) is 5.56 Å². The van der Waals surface area contributed by atoms with Crippen LogP contribution in [0.2, 0.25) is 0 Å². The number of imidazole rings is 1. The number of H-pyrrole nitrogens is 1. The van der Waals surface area contributed by atoms with Crippen LogP contribution in [0.15, 0.2) is 55.0 Å². The van der Waals surface area contributed by atoms with Gasteiger partial charge in [0.05, 0.1) is 0 Å². The summed E-state index contributed by atoms with van der Waals surface area (Å²) in [5, 5.41) is 6.88. The van der Waals surface area contributed by atoms with Crippen molar-refractivity contribution in [2.75, 3.05) is 0 Å². The van der Waals surface area contributed by atoms with E-state index in [1.165, 1.54) is 5.56 Å². The topological polar surface area (TPSA) is 46.5 Å². The number of benzene rings is 1. The molecule has 0 amide bonds. The Bertz CT molecular complexity index is 581. The van der Waals surface area contributed by atoms with E-state index in [1.807, 2.05) is 30.5 Å². The van der Waals surface area contributed by atoms with Crippen molar-refractivity contribution >= 4 is 0 Å². The number of hydrogen-bond donors (Lipinski definition) is 1. The summed E-state index contributed by atoms with van der Waals surface area (Å²) in [5.41, 5.74) is 2.19. The summed E-state index contributed by atoms with van der Waals surface area (Å²) in [4.78, 5) is 4.35. The predicted molar refractivity (Wildman–Crippen MR) is 65.4 cm³/mol. The minimum atomic E-state index is 0.815. The minimum absolute atomic E-state index is 0.815. The molecule has 0 radical (unpaired) electrons. The van der Waals surface area contributed by atoms with Crippen LogP contribution in [0.5, 0.6) is 0 Å². The van der Waals surface area contributed by atoms with E-state index in [4.69, 9.17) is 0 Å². The molecule has 0 fully saturated rings. The first kappa shape index (κ1) is 9.84. The van der Waals surface area contributed by atoms with Crippen LogP contribution in [-0.2, 0) is 6.54 Å². The zero-order chi connectivity index (χ0) is 11.5. The molecule has 0 aliphatic heterocycles. The predicted octanol–water partition coefficient (Wildman–Crippen LogP) is 2.32. The highest BCUT2D eigenvalue weighted by atomic mass is 15.1. The summed E-state index contributed by atoms with van der Waals surface area (Å²) in [7, 11) is 0. The monoisotopic (exact) mass is 224 g/mol. The van der Waals surface area contributed by atoms with E-state index >= 15 is 0 Å². The highest BCUT2D eigenvalue weighted by Crippen LogP contribution is 2.15. The number of hydrogen-bond acceptors (Lipinski definition) is 2. The molecule has 0 atom stereocenters. The molecule has 3 aromatic rings. The Morgan fingerprint density at radius 3 is 2.71 bits per heavy atom. The van der Waals surface area contributed by atoms with Gasteiger partial charge in [-0.2, -0.15) is 5.10 Å². The molecule has 1 aromatic carbocycles. The quantitative estimate of drug-likeness (QED) is 0.742. The maximum Gasteiger partial charge on any atom is 0.158 e. The second-order valence-corrected chi connectivity index (χ2v) is 3.83. The van der Waals surface area contributed by atoms with Gasteiger partial charge in [-0.05, 0) is 11.6 Å². The van der Waals surface area contributed by atoms with Crippen molar-refractivity contribution in [3.05, 3.63) is 60.6 Å². The molecule has 0 saturated carbocycles. The summed E-state index contributed by atoms with van der Waals surface area (Å²) >= 11 is 0. The molecule has 3 rings (SSSR count).